The molecule has 1 fully saturated rings. The van der Waals surface area contributed by atoms with Gasteiger partial charge < -0.3 is 0 Å². The number of allylic oxidation sites excluding steroid dienone is 7. The van der Waals surface area contributed by atoms with Gasteiger partial charge in [-0.2, -0.15) is 0 Å². The number of unbranched alkanes of at least 4 members (excludes halogenated alkanes) is 11. The molecule has 0 aromatic heterocycles. The van der Waals surface area contributed by atoms with Crippen molar-refractivity contribution in [1.29, 1.82) is 0 Å². The maximum absolute atomic E-state index is 3.75. The van der Waals surface area contributed by atoms with Crippen LogP contribution in [0.25, 0.3) is 0 Å². The van der Waals surface area contributed by atoms with Crippen molar-refractivity contribution in [3.63, 3.8) is 0 Å². The van der Waals surface area contributed by atoms with Gasteiger partial charge in [0.25, 0.3) is 0 Å². The zero-order valence-corrected chi connectivity index (χ0v) is 18.4. The average Bonchev–Trinajstić information content (AvgIpc) is 3.32. The maximum Gasteiger partial charge on any atom is -0.00174 e. The van der Waals surface area contributed by atoms with Crippen LogP contribution < -0.4 is 0 Å². The first-order valence-corrected chi connectivity index (χ1v) is 11.9. The van der Waals surface area contributed by atoms with E-state index in [0.717, 1.165) is 11.8 Å². The summed E-state index contributed by atoms with van der Waals surface area (Å²) < 4.78 is 0. The Kier molecular flexibility index (Phi) is 15.2. The molecule has 0 N–H and O–H groups in total. The van der Waals surface area contributed by atoms with Crippen molar-refractivity contribution < 1.29 is 0 Å². The number of hydrogen-bond acceptors (Lipinski definition) is 0. The van der Waals surface area contributed by atoms with E-state index in [2.05, 4.69) is 50.8 Å². The van der Waals surface area contributed by atoms with Crippen molar-refractivity contribution >= 4 is 0 Å². The minimum absolute atomic E-state index is 0.833. The number of fused-ring (bicyclic) bond motifs is 2. The van der Waals surface area contributed by atoms with Crippen molar-refractivity contribution in [1.82, 2.24) is 0 Å². The third-order valence-electron chi connectivity index (χ3n) is 5.94. The van der Waals surface area contributed by atoms with E-state index >= 15 is 0 Å². The van der Waals surface area contributed by atoms with Gasteiger partial charge >= 0.3 is 0 Å². The molecule has 2 aliphatic rings. The monoisotopic (exact) mass is 370 g/mol. The van der Waals surface area contributed by atoms with Crippen LogP contribution in [0.4, 0.5) is 0 Å². The second-order valence-corrected chi connectivity index (χ2v) is 8.36. The molecule has 1 saturated carbocycles. The molecule has 0 heterocycles. The Morgan fingerprint density at radius 3 is 1.89 bits per heavy atom. The third kappa shape index (κ3) is 12.1. The van der Waals surface area contributed by atoms with Crippen molar-refractivity contribution in [2.75, 3.05) is 0 Å². The lowest BCUT2D eigenvalue weighted by Gasteiger charge is -2.05. The summed E-state index contributed by atoms with van der Waals surface area (Å²) in [6.45, 7) is 8.18. The van der Waals surface area contributed by atoms with Gasteiger partial charge in [-0.3, -0.25) is 0 Å². The van der Waals surface area contributed by atoms with E-state index in [1.807, 2.05) is 6.08 Å². The Morgan fingerprint density at radius 2 is 1.44 bits per heavy atom. The lowest BCUT2D eigenvalue weighted by atomic mass is 10.0. The van der Waals surface area contributed by atoms with Gasteiger partial charge in [-0.05, 0) is 70.1 Å². The Hall–Kier alpha value is -1.04. The van der Waals surface area contributed by atoms with Crippen molar-refractivity contribution in [3.8, 4) is 0 Å². The Morgan fingerprint density at radius 1 is 0.852 bits per heavy atom. The van der Waals surface area contributed by atoms with Crippen LogP contribution in [0.5, 0.6) is 0 Å². The molecule has 0 aromatic rings. The number of hydrogen-bond donors (Lipinski definition) is 0. The van der Waals surface area contributed by atoms with Gasteiger partial charge in [0.2, 0.25) is 0 Å². The second-order valence-electron chi connectivity index (χ2n) is 8.36. The molecular weight excluding hydrogens is 324 g/mol. The Labute approximate surface area is 170 Å². The molecule has 0 aliphatic heterocycles. The molecule has 0 saturated heterocycles. The average molecular weight is 371 g/mol. The highest BCUT2D eigenvalue weighted by Crippen LogP contribution is 2.42. The van der Waals surface area contributed by atoms with Crippen molar-refractivity contribution in [2.24, 2.45) is 11.8 Å². The van der Waals surface area contributed by atoms with Crippen LogP contribution in [0.2, 0.25) is 0 Å². The molecule has 2 unspecified atom stereocenters. The van der Waals surface area contributed by atoms with Gasteiger partial charge in [-0.25, -0.2) is 0 Å². The first-order chi connectivity index (χ1) is 13.3. The highest BCUT2D eigenvalue weighted by atomic mass is 14.3. The van der Waals surface area contributed by atoms with E-state index in [4.69, 9.17) is 0 Å². The largest absolute Gasteiger partial charge is 0.103 e. The van der Waals surface area contributed by atoms with Gasteiger partial charge in [0.15, 0.2) is 0 Å². The predicted octanol–water partition coefficient (Wildman–Crippen LogP) is 9.35. The Bertz CT molecular complexity index is 437. The van der Waals surface area contributed by atoms with Gasteiger partial charge in [0.1, 0.15) is 0 Å². The SMILES string of the molecule is C/C=C1/CC2C=CC1C2.C=CCCCCCC/C=C/CCCCCCCC. The van der Waals surface area contributed by atoms with Crippen molar-refractivity contribution in [2.45, 2.75) is 110 Å². The number of rotatable bonds is 14. The maximum atomic E-state index is 3.75. The first-order valence-electron chi connectivity index (χ1n) is 11.9. The predicted molar refractivity (Wildman–Crippen MR) is 124 cm³/mol. The van der Waals surface area contributed by atoms with E-state index in [1.165, 1.54) is 96.3 Å². The summed E-state index contributed by atoms with van der Waals surface area (Å²) in [5.74, 6) is 1.74. The Balaban J connectivity index is 0.000000330. The van der Waals surface area contributed by atoms with Crippen LogP contribution in [0.1, 0.15) is 110 Å². The fraction of sp³-hybridized carbons (Fsp3) is 0.704. The topological polar surface area (TPSA) is 0 Å². The minimum Gasteiger partial charge on any atom is -0.103 e. The summed E-state index contributed by atoms with van der Waals surface area (Å²) in [6, 6.07) is 0. The van der Waals surface area contributed by atoms with Gasteiger partial charge in [0.05, 0.1) is 0 Å². The molecule has 0 aromatic carbocycles. The smallest absolute Gasteiger partial charge is 0.00174 e. The molecule has 0 nitrogen and oxygen atoms in total. The summed E-state index contributed by atoms with van der Waals surface area (Å²) in [4.78, 5) is 0. The van der Waals surface area contributed by atoms with Crippen LogP contribution >= 0.6 is 0 Å². The molecule has 2 bridgehead atoms. The van der Waals surface area contributed by atoms with Gasteiger partial charge in [0, 0.05) is 0 Å². The summed E-state index contributed by atoms with van der Waals surface area (Å²) in [5.41, 5.74) is 1.67. The summed E-state index contributed by atoms with van der Waals surface area (Å²) in [5, 5.41) is 0. The third-order valence-corrected chi connectivity index (χ3v) is 5.94. The van der Waals surface area contributed by atoms with Crippen LogP contribution in [0, 0.1) is 11.8 Å². The van der Waals surface area contributed by atoms with Crippen molar-refractivity contribution in [3.05, 3.63) is 48.6 Å². The van der Waals surface area contributed by atoms with Crippen LogP contribution in [-0.4, -0.2) is 0 Å². The van der Waals surface area contributed by atoms with E-state index in [0.29, 0.717) is 0 Å². The molecular formula is C27H46. The molecule has 2 aliphatic carbocycles. The molecule has 0 radical (unpaired) electrons. The standard InChI is InChI=1S/C18H34.C9H12/c1-3-5-7-9-11-13-15-17-18-16-14-12-10-8-6-4-2;1-2-8-5-7-3-4-9(8)6-7/h3,17-18H,1,4-16H2,2H3;2-4,7,9H,5-6H2,1H3/b18-17+;8-2-. The zero-order valence-electron chi connectivity index (χ0n) is 18.4. The second kappa shape index (κ2) is 17.1. The molecule has 0 amide bonds. The zero-order chi connectivity index (χ0) is 19.6. The summed E-state index contributed by atoms with van der Waals surface area (Å²) in [7, 11) is 0. The lowest BCUT2D eigenvalue weighted by molar-refractivity contribution is 0.610. The molecule has 0 spiro atoms. The van der Waals surface area contributed by atoms with Crippen LogP contribution in [-0.2, 0) is 0 Å². The van der Waals surface area contributed by atoms with E-state index in [9.17, 15) is 0 Å². The molecule has 27 heavy (non-hydrogen) atoms. The molecule has 2 rings (SSSR count). The highest BCUT2D eigenvalue weighted by Gasteiger charge is 2.29. The van der Waals surface area contributed by atoms with E-state index in [-0.39, 0.29) is 0 Å². The van der Waals surface area contributed by atoms with Crippen LogP contribution in [0.15, 0.2) is 48.6 Å². The quantitative estimate of drug-likeness (QED) is 0.211. The lowest BCUT2D eigenvalue weighted by Crippen LogP contribution is -1.90. The molecule has 2 atom stereocenters. The normalized spacial score (nSPS) is 21.8. The van der Waals surface area contributed by atoms with Gasteiger partial charge in [-0.1, -0.05) is 93.9 Å². The first kappa shape index (κ1) is 24.0. The van der Waals surface area contributed by atoms with E-state index < -0.39 is 0 Å². The summed E-state index contributed by atoms with van der Waals surface area (Å²) in [6.07, 6.45) is 34.2. The van der Waals surface area contributed by atoms with E-state index in [1.54, 1.807) is 5.57 Å². The summed E-state index contributed by atoms with van der Waals surface area (Å²) >= 11 is 0. The molecule has 0 heteroatoms. The highest BCUT2D eigenvalue weighted by molar-refractivity contribution is 5.26. The molecule has 154 valence electrons. The van der Waals surface area contributed by atoms with Crippen LogP contribution in [0.3, 0.4) is 0 Å². The minimum atomic E-state index is 0.833. The van der Waals surface area contributed by atoms with Gasteiger partial charge in [-0.15, -0.1) is 6.58 Å². The fourth-order valence-electron chi connectivity index (χ4n) is 4.17. The fourth-order valence-corrected chi connectivity index (χ4v) is 4.17.